The molecule has 110 valence electrons. The molecule has 0 saturated heterocycles. The first-order chi connectivity index (χ1) is 10.1. The summed E-state index contributed by atoms with van der Waals surface area (Å²) in [5, 5.41) is 9.83. The summed E-state index contributed by atoms with van der Waals surface area (Å²) in [4.78, 5) is 12.1. The van der Waals surface area contributed by atoms with Crippen LogP contribution in [0, 0.1) is 6.92 Å². The first-order valence-electron chi connectivity index (χ1n) is 7.32. The maximum absolute atomic E-state index is 12.1. The predicted molar refractivity (Wildman–Crippen MR) is 82.2 cm³/mol. The monoisotopic (exact) mass is 284 g/mol. The van der Waals surface area contributed by atoms with Crippen molar-refractivity contribution in [3.05, 3.63) is 46.8 Å². The number of nitrogen functional groups attached to an aromatic ring is 1. The molecule has 0 atom stereocenters. The highest BCUT2D eigenvalue weighted by molar-refractivity contribution is 5.97. The average molecular weight is 284 g/mol. The Balaban J connectivity index is 1.57. The average Bonchev–Trinajstić information content (AvgIpc) is 3.22. The van der Waals surface area contributed by atoms with Crippen LogP contribution in [0.2, 0.25) is 0 Å². The van der Waals surface area contributed by atoms with Gasteiger partial charge in [-0.25, -0.2) is 0 Å². The van der Waals surface area contributed by atoms with Crippen LogP contribution in [0.3, 0.4) is 0 Å². The Morgan fingerprint density at radius 1 is 1.48 bits per heavy atom. The van der Waals surface area contributed by atoms with Gasteiger partial charge in [0.25, 0.3) is 5.91 Å². The van der Waals surface area contributed by atoms with Crippen LogP contribution in [0.5, 0.6) is 0 Å². The molecule has 0 bridgehead atoms. The molecule has 1 aliphatic carbocycles. The third-order valence-electron chi connectivity index (χ3n) is 3.82. The summed E-state index contributed by atoms with van der Waals surface area (Å²) in [5.74, 6) is 0.259. The number of hydrogen-bond donors (Lipinski definition) is 3. The van der Waals surface area contributed by atoms with E-state index in [-0.39, 0.29) is 5.91 Å². The van der Waals surface area contributed by atoms with Crippen LogP contribution < -0.4 is 11.1 Å². The number of nitrogens with one attached hydrogen (secondary N) is 2. The van der Waals surface area contributed by atoms with Crippen LogP contribution in [-0.4, -0.2) is 22.6 Å². The molecule has 4 N–H and O–H groups in total. The van der Waals surface area contributed by atoms with Gasteiger partial charge in [0.2, 0.25) is 0 Å². The summed E-state index contributed by atoms with van der Waals surface area (Å²) in [6.45, 7) is 2.64. The molecular formula is C16H20N4O. The zero-order valence-electron chi connectivity index (χ0n) is 12.1. The lowest BCUT2D eigenvalue weighted by atomic mass is 10.1. The molecule has 0 aliphatic heterocycles. The number of rotatable bonds is 5. The van der Waals surface area contributed by atoms with E-state index in [9.17, 15) is 4.79 Å². The van der Waals surface area contributed by atoms with E-state index < -0.39 is 0 Å². The number of nitrogens with zero attached hydrogens (tertiary/aromatic N) is 1. The van der Waals surface area contributed by atoms with Crippen LogP contribution in [0.15, 0.2) is 24.3 Å². The lowest BCUT2D eigenvalue weighted by Crippen LogP contribution is -2.26. The second-order valence-corrected chi connectivity index (χ2v) is 5.67. The number of benzene rings is 1. The van der Waals surface area contributed by atoms with Crippen molar-refractivity contribution < 1.29 is 4.79 Å². The van der Waals surface area contributed by atoms with Crippen LogP contribution >= 0.6 is 0 Å². The van der Waals surface area contributed by atoms with Gasteiger partial charge in [0, 0.05) is 12.5 Å². The van der Waals surface area contributed by atoms with E-state index in [1.165, 1.54) is 11.1 Å². The van der Waals surface area contributed by atoms with Crippen LogP contribution in [0.1, 0.15) is 46.1 Å². The number of anilines is 1. The molecule has 0 spiro atoms. The van der Waals surface area contributed by atoms with Gasteiger partial charge in [-0.1, -0.05) is 29.8 Å². The van der Waals surface area contributed by atoms with Crippen molar-refractivity contribution in [2.24, 2.45) is 0 Å². The second-order valence-electron chi connectivity index (χ2n) is 5.67. The highest BCUT2D eigenvalue weighted by Gasteiger charge is 2.30. The molecule has 0 radical (unpaired) electrons. The van der Waals surface area contributed by atoms with Crippen molar-refractivity contribution >= 4 is 11.6 Å². The van der Waals surface area contributed by atoms with E-state index >= 15 is 0 Å². The molecule has 1 aromatic heterocycles. The molecular weight excluding hydrogens is 264 g/mol. The smallest absolute Gasteiger partial charge is 0.273 e. The molecule has 5 nitrogen and oxygen atoms in total. The van der Waals surface area contributed by atoms with Crippen LogP contribution in [0.25, 0.3) is 0 Å². The Bertz CT molecular complexity index is 658. The molecule has 3 rings (SSSR count). The highest BCUT2D eigenvalue weighted by Crippen LogP contribution is 2.42. The number of nitrogens with two attached hydrogens (primary N) is 1. The minimum atomic E-state index is -0.205. The number of aromatic nitrogens is 2. The molecule has 5 heteroatoms. The molecule has 0 unspecified atom stereocenters. The van der Waals surface area contributed by atoms with Crippen molar-refractivity contribution in [2.75, 3.05) is 12.3 Å². The van der Waals surface area contributed by atoms with Crippen molar-refractivity contribution in [1.29, 1.82) is 0 Å². The topological polar surface area (TPSA) is 83.8 Å². The Morgan fingerprint density at radius 3 is 3.00 bits per heavy atom. The van der Waals surface area contributed by atoms with Crippen molar-refractivity contribution in [1.82, 2.24) is 15.5 Å². The first kappa shape index (κ1) is 13.7. The fraction of sp³-hybridized carbons (Fsp3) is 0.375. The second kappa shape index (κ2) is 5.60. The summed E-state index contributed by atoms with van der Waals surface area (Å²) < 4.78 is 0. The summed E-state index contributed by atoms with van der Waals surface area (Å²) in [5.41, 5.74) is 10.2. The zero-order valence-corrected chi connectivity index (χ0v) is 12.1. The number of aryl methyl sites for hydroxylation is 1. The van der Waals surface area contributed by atoms with E-state index in [2.05, 4.69) is 40.6 Å². The number of H-pyrrole nitrogens is 1. The van der Waals surface area contributed by atoms with Crippen molar-refractivity contribution in [3.8, 4) is 0 Å². The summed E-state index contributed by atoms with van der Waals surface area (Å²) in [6.07, 6.45) is 3.05. The molecule has 1 heterocycles. The normalized spacial score (nSPS) is 14.1. The van der Waals surface area contributed by atoms with E-state index in [0.29, 0.717) is 23.8 Å². The standard InChI is InChI=1S/C16H20N4O/c1-10-3-2-4-11(9-10)7-8-18-16(21)15-13(17)14(19-20-15)12-5-6-12/h2-4,9,12H,5-8,17H2,1H3,(H,18,21)(H,19,20). The first-order valence-corrected chi connectivity index (χ1v) is 7.32. The van der Waals surface area contributed by atoms with Gasteiger partial charge >= 0.3 is 0 Å². The molecule has 1 saturated carbocycles. The maximum Gasteiger partial charge on any atom is 0.273 e. The third kappa shape index (κ3) is 3.07. The minimum absolute atomic E-state index is 0.205. The van der Waals surface area contributed by atoms with Gasteiger partial charge in [0.05, 0.1) is 11.4 Å². The summed E-state index contributed by atoms with van der Waals surface area (Å²) in [7, 11) is 0. The van der Waals surface area contributed by atoms with Gasteiger partial charge < -0.3 is 11.1 Å². The summed E-state index contributed by atoms with van der Waals surface area (Å²) in [6, 6.07) is 8.28. The highest BCUT2D eigenvalue weighted by atomic mass is 16.1. The Labute approximate surface area is 123 Å². The number of carbonyl (C=O) groups excluding carboxylic acids is 1. The number of hydrogen-bond acceptors (Lipinski definition) is 3. The largest absolute Gasteiger partial charge is 0.395 e. The lowest BCUT2D eigenvalue weighted by Gasteiger charge is -2.05. The predicted octanol–water partition coefficient (Wildman–Crippen LogP) is 2.15. The summed E-state index contributed by atoms with van der Waals surface area (Å²) >= 11 is 0. The van der Waals surface area contributed by atoms with Gasteiger partial charge in [-0.3, -0.25) is 9.89 Å². The fourth-order valence-electron chi connectivity index (χ4n) is 2.49. The maximum atomic E-state index is 12.1. The van der Waals surface area contributed by atoms with Crippen molar-refractivity contribution in [3.63, 3.8) is 0 Å². The van der Waals surface area contributed by atoms with E-state index in [4.69, 9.17) is 5.73 Å². The van der Waals surface area contributed by atoms with Crippen LogP contribution in [-0.2, 0) is 6.42 Å². The Kier molecular flexibility index (Phi) is 3.64. The Hall–Kier alpha value is -2.30. The molecule has 1 amide bonds. The number of aromatic amines is 1. The zero-order chi connectivity index (χ0) is 14.8. The van der Waals surface area contributed by atoms with Crippen LogP contribution in [0.4, 0.5) is 5.69 Å². The Morgan fingerprint density at radius 2 is 2.29 bits per heavy atom. The van der Waals surface area contributed by atoms with Crippen molar-refractivity contribution in [2.45, 2.75) is 32.1 Å². The number of amides is 1. The van der Waals surface area contributed by atoms with Gasteiger partial charge in [-0.15, -0.1) is 0 Å². The lowest BCUT2D eigenvalue weighted by molar-refractivity contribution is 0.0950. The van der Waals surface area contributed by atoms with E-state index in [0.717, 1.165) is 25.0 Å². The SMILES string of the molecule is Cc1cccc(CCNC(=O)c2n[nH]c(C3CC3)c2N)c1. The fourth-order valence-corrected chi connectivity index (χ4v) is 2.49. The molecule has 1 aliphatic rings. The molecule has 21 heavy (non-hydrogen) atoms. The van der Waals surface area contributed by atoms with Gasteiger partial charge in [0.15, 0.2) is 5.69 Å². The quantitative estimate of drug-likeness (QED) is 0.786. The van der Waals surface area contributed by atoms with Gasteiger partial charge in [-0.2, -0.15) is 5.10 Å². The number of carbonyl (C=O) groups is 1. The third-order valence-corrected chi connectivity index (χ3v) is 3.82. The van der Waals surface area contributed by atoms with Gasteiger partial charge in [-0.05, 0) is 31.7 Å². The molecule has 1 aromatic carbocycles. The minimum Gasteiger partial charge on any atom is -0.395 e. The van der Waals surface area contributed by atoms with E-state index in [1.54, 1.807) is 0 Å². The molecule has 1 fully saturated rings. The molecule has 2 aromatic rings. The van der Waals surface area contributed by atoms with Gasteiger partial charge in [0.1, 0.15) is 0 Å². The van der Waals surface area contributed by atoms with E-state index in [1.807, 2.05) is 6.07 Å².